The van der Waals surface area contributed by atoms with Gasteiger partial charge in [0.25, 0.3) is 0 Å². The van der Waals surface area contributed by atoms with Gasteiger partial charge in [-0.3, -0.25) is 0 Å². The van der Waals surface area contributed by atoms with Gasteiger partial charge in [0.05, 0.1) is 11.5 Å². The molecule has 3 aromatic carbocycles. The normalized spacial score (nSPS) is 10.4. The summed E-state index contributed by atoms with van der Waals surface area (Å²) in [7, 11) is 0. The van der Waals surface area contributed by atoms with Crippen molar-refractivity contribution in [2.75, 3.05) is 0 Å². The van der Waals surface area contributed by atoms with Crippen LogP contribution in [0, 0.1) is 12.7 Å². The molecule has 0 aliphatic carbocycles. The summed E-state index contributed by atoms with van der Waals surface area (Å²) in [4.78, 5) is 32.5. The predicted octanol–water partition coefficient (Wildman–Crippen LogP) is 6.59. The Kier molecular flexibility index (Phi) is 7.56. The highest BCUT2D eigenvalue weighted by molar-refractivity contribution is 9.10. The second-order valence-corrected chi connectivity index (χ2v) is 8.42. The molecule has 0 unspecified atom stereocenters. The topological polar surface area (TPSA) is 90.6 Å². The number of halogens is 2. The number of hydrogen-bond donors (Lipinski definition) is 0. The van der Waals surface area contributed by atoms with E-state index in [-0.39, 0.29) is 16.8 Å². The summed E-state index contributed by atoms with van der Waals surface area (Å²) in [6.45, 7) is 1.90. The van der Waals surface area contributed by atoms with E-state index in [4.69, 9.17) is 13.3 Å². The number of aryl methyl sites for hydroxylation is 1. The lowest BCUT2D eigenvalue weighted by Gasteiger charge is -1.97. The monoisotopic (exact) mass is 548 g/mol. The first-order valence-corrected chi connectivity index (χ1v) is 11.5. The molecule has 0 fully saturated rings. The molecule has 0 aliphatic heterocycles. The maximum absolute atomic E-state index is 13.0. The van der Waals surface area contributed by atoms with Crippen molar-refractivity contribution >= 4 is 48.8 Å². The first-order valence-electron chi connectivity index (χ1n) is 10.7. The van der Waals surface area contributed by atoms with Gasteiger partial charge >= 0.3 is 16.9 Å². The molecule has 3 aromatic heterocycles. The van der Waals surface area contributed by atoms with Crippen LogP contribution in [0.3, 0.4) is 0 Å². The molecule has 0 saturated heterocycles. The fraction of sp³-hybridized carbons (Fsp3) is 0.0357. The molecule has 0 aliphatic rings. The molecule has 0 N–H and O–H groups in total. The van der Waals surface area contributed by atoms with Crippen LogP contribution in [-0.4, -0.2) is 0 Å². The van der Waals surface area contributed by atoms with Gasteiger partial charge in [-0.05, 0) is 52.7 Å². The van der Waals surface area contributed by atoms with Crippen molar-refractivity contribution in [2.24, 2.45) is 0 Å². The Morgan fingerprint density at radius 3 is 1.61 bits per heavy atom. The highest BCUT2D eigenvalue weighted by Crippen LogP contribution is 2.20. The Morgan fingerprint density at radius 1 is 0.583 bits per heavy atom. The molecule has 0 spiro atoms. The maximum atomic E-state index is 13.0. The van der Waals surface area contributed by atoms with Crippen molar-refractivity contribution in [1.82, 2.24) is 0 Å². The summed E-state index contributed by atoms with van der Waals surface area (Å²) in [5, 5.41) is 2.24. The van der Waals surface area contributed by atoms with Gasteiger partial charge in [0.2, 0.25) is 0 Å². The Balaban J connectivity index is 0.000000127. The van der Waals surface area contributed by atoms with Gasteiger partial charge in [0, 0.05) is 27.4 Å². The van der Waals surface area contributed by atoms with E-state index >= 15 is 0 Å². The predicted molar refractivity (Wildman–Crippen MR) is 140 cm³/mol. The van der Waals surface area contributed by atoms with E-state index in [0.717, 1.165) is 26.9 Å². The van der Waals surface area contributed by atoms with Crippen molar-refractivity contribution in [2.45, 2.75) is 6.92 Å². The minimum absolute atomic E-state index is 0.280. The van der Waals surface area contributed by atoms with Crippen molar-refractivity contribution in [3.8, 4) is 0 Å². The molecule has 0 atom stereocenters. The highest BCUT2D eigenvalue weighted by Gasteiger charge is 2.02. The lowest BCUT2D eigenvalue weighted by atomic mass is 10.1. The fourth-order valence-corrected chi connectivity index (χ4v) is 3.93. The average molecular weight is 549 g/mol. The largest absolute Gasteiger partial charge is 0.423 e. The van der Waals surface area contributed by atoms with E-state index in [1.54, 1.807) is 36.4 Å². The van der Waals surface area contributed by atoms with Gasteiger partial charge in [-0.1, -0.05) is 48.5 Å². The van der Waals surface area contributed by atoms with Gasteiger partial charge in [-0.2, -0.15) is 0 Å². The van der Waals surface area contributed by atoms with Crippen LogP contribution < -0.4 is 16.9 Å². The van der Waals surface area contributed by atoms with Crippen LogP contribution in [0.15, 0.2) is 123 Å². The zero-order valence-electron chi connectivity index (χ0n) is 18.9. The summed E-state index contributed by atoms with van der Waals surface area (Å²) in [6, 6.07) is 25.1. The molecular weight excluding hydrogens is 531 g/mol. The standard InChI is InChI=1S/C10H8O2.C9H5BrO2.C9H5FO2/c1-7-6-10(11)12-9-5-3-2-4-8(7)9;2*10-7-5-9(11)12-8-4-2-1-3-6(7)8/h2-6H,1H3;2*1-5H. The van der Waals surface area contributed by atoms with Gasteiger partial charge in [-0.15, -0.1) is 0 Å². The van der Waals surface area contributed by atoms with E-state index in [2.05, 4.69) is 15.9 Å². The van der Waals surface area contributed by atoms with Crippen LogP contribution in [-0.2, 0) is 0 Å². The second kappa shape index (κ2) is 11.0. The Bertz CT molecular complexity index is 1630. The van der Waals surface area contributed by atoms with E-state index in [1.807, 2.05) is 43.3 Å². The lowest BCUT2D eigenvalue weighted by molar-refractivity contribution is 0.538. The number of hydrogen-bond acceptors (Lipinski definition) is 6. The van der Waals surface area contributed by atoms with Crippen LogP contribution in [0.5, 0.6) is 0 Å². The van der Waals surface area contributed by atoms with E-state index < -0.39 is 11.4 Å². The Hall–Kier alpha value is -4.30. The molecule has 0 radical (unpaired) electrons. The fourth-order valence-electron chi connectivity index (χ4n) is 3.42. The smallest absolute Gasteiger partial charge is 0.339 e. The highest BCUT2D eigenvalue weighted by atomic mass is 79.9. The van der Waals surface area contributed by atoms with E-state index in [9.17, 15) is 18.8 Å². The zero-order chi connectivity index (χ0) is 25.7. The molecular formula is C28H18BrFO6. The Labute approximate surface area is 211 Å². The first kappa shape index (κ1) is 24.8. The van der Waals surface area contributed by atoms with Gasteiger partial charge in [0.15, 0.2) is 0 Å². The molecule has 0 amide bonds. The van der Waals surface area contributed by atoms with Crippen molar-refractivity contribution in [3.05, 3.63) is 138 Å². The van der Waals surface area contributed by atoms with Crippen LogP contribution in [0.25, 0.3) is 32.9 Å². The molecule has 6 rings (SSSR count). The molecule has 0 bridgehead atoms. The third kappa shape index (κ3) is 5.84. The minimum atomic E-state index is -0.661. The second-order valence-electron chi connectivity index (χ2n) is 7.56. The summed E-state index contributed by atoms with van der Waals surface area (Å²) in [6.07, 6.45) is 0. The molecule has 0 saturated carbocycles. The summed E-state index contributed by atoms with van der Waals surface area (Å²) >= 11 is 3.29. The van der Waals surface area contributed by atoms with Crippen LogP contribution in [0.2, 0.25) is 0 Å². The van der Waals surface area contributed by atoms with Crippen LogP contribution >= 0.6 is 15.9 Å². The number of benzene rings is 3. The van der Waals surface area contributed by atoms with Crippen molar-refractivity contribution in [3.63, 3.8) is 0 Å². The lowest BCUT2D eigenvalue weighted by Crippen LogP contribution is -1.97. The zero-order valence-corrected chi connectivity index (χ0v) is 20.5. The van der Waals surface area contributed by atoms with Crippen LogP contribution in [0.4, 0.5) is 4.39 Å². The average Bonchev–Trinajstić information content (AvgIpc) is 2.85. The summed E-state index contributed by atoms with van der Waals surface area (Å²) < 4.78 is 28.5. The van der Waals surface area contributed by atoms with Gasteiger partial charge < -0.3 is 13.3 Å². The Morgan fingerprint density at radius 2 is 1.00 bits per heavy atom. The van der Waals surface area contributed by atoms with Crippen LogP contribution in [0.1, 0.15) is 5.56 Å². The van der Waals surface area contributed by atoms with Gasteiger partial charge in [0.1, 0.15) is 22.6 Å². The van der Waals surface area contributed by atoms with Crippen molar-refractivity contribution in [1.29, 1.82) is 0 Å². The quantitative estimate of drug-likeness (QED) is 0.199. The van der Waals surface area contributed by atoms with Gasteiger partial charge in [-0.25, -0.2) is 18.8 Å². The molecule has 3 heterocycles. The van der Waals surface area contributed by atoms with E-state index in [1.165, 1.54) is 12.1 Å². The third-order valence-electron chi connectivity index (χ3n) is 5.06. The number of rotatable bonds is 0. The SMILES string of the molecule is Cc1cc(=O)oc2ccccc12.O=c1cc(Br)c2ccccc2o1.O=c1cc(F)c2ccccc2o1. The number of para-hydroxylation sites is 3. The summed E-state index contributed by atoms with van der Waals surface area (Å²) in [5.41, 5.74) is 1.22. The number of fused-ring (bicyclic) bond motifs is 3. The molecule has 36 heavy (non-hydrogen) atoms. The van der Waals surface area contributed by atoms with Crippen molar-refractivity contribution < 1.29 is 17.6 Å². The molecule has 6 nitrogen and oxygen atoms in total. The summed E-state index contributed by atoms with van der Waals surface area (Å²) in [5.74, 6) is -0.540. The molecule has 6 aromatic rings. The van der Waals surface area contributed by atoms with E-state index in [0.29, 0.717) is 16.6 Å². The first-order chi connectivity index (χ1) is 17.3. The molecule has 8 heteroatoms. The minimum Gasteiger partial charge on any atom is -0.423 e. The third-order valence-corrected chi connectivity index (χ3v) is 5.71. The molecule has 180 valence electrons. The maximum Gasteiger partial charge on any atom is 0.339 e.